The van der Waals surface area contributed by atoms with E-state index in [1.807, 2.05) is 4.90 Å². The second-order valence-electron chi connectivity index (χ2n) is 9.47. The van der Waals surface area contributed by atoms with Crippen LogP contribution in [0.2, 0.25) is 5.02 Å². The highest BCUT2D eigenvalue weighted by atomic mass is 35.5. The number of piperazine rings is 1. The Morgan fingerprint density at radius 1 is 1.11 bits per heavy atom. The molecule has 2 aliphatic rings. The van der Waals surface area contributed by atoms with Crippen molar-refractivity contribution >= 4 is 34.2 Å². The van der Waals surface area contributed by atoms with Crippen LogP contribution in [0.3, 0.4) is 0 Å². The number of aliphatic hydroxyl groups excluding tert-OH is 1. The number of aromatic nitrogens is 2. The van der Waals surface area contributed by atoms with Crippen molar-refractivity contribution in [3.8, 4) is 22.9 Å². The topological polar surface area (TPSA) is 99.0 Å². The molecule has 38 heavy (non-hydrogen) atoms. The lowest BCUT2D eigenvalue weighted by atomic mass is 9.95. The van der Waals surface area contributed by atoms with Gasteiger partial charge in [0, 0.05) is 37.1 Å². The van der Waals surface area contributed by atoms with Crippen LogP contribution in [0.5, 0.6) is 11.8 Å². The molecule has 2 N–H and O–H groups in total. The number of phenols is 1. The lowest BCUT2D eigenvalue weighted by Crippen LogP contribution is -2.48. The number of anilines is 1. The molecule has 0 radical (unpaired) electrons. The smallest absolute Gasteiger partial charge is 0.319 e. The number of carbonyl (C=O) groups is 1. The molecule has 1 saturated carbocycles. The number of halogens is 3. The maximum absolute atomic E-state index is 16.1. The van der Waals surface area contributed by atoms with Gasteiger partial charge in [-0.25, -0.2) is 8.78 Å². The summed E-state index contributed by atoms with van der Waals surface area (Å²) in [6.07, 6.45) is 2.97. The number of carbonyl (C=O) groups excluding carboxylic acids is 1. The molecule has 11 heteroatoms. The Kier molecular flexibility index (Phi) is 7.36. The quantitative estimate of drug-likeness (QED) is 0.458. The Labute approximate surface area is 223 Å². The molecular formula is C27H27ClF2N4O4. The number of rotatable bonds is 5. The molecule has 1 aliphatic heterocycles. The van der Waals surface area contributed by atoms with E-state index in [4.69, 9.17) is 16.3 Å². The van der Waals surface area contributed by atoms with Gasteiger partial charge in [-0.05, 0) is 50.0 Å². The number of aliphatic hydroxyl groups is 1. The lowest BCUT2D eigenvalue weighted by Gasteiger charge is -2.35. The lowest BCUT2D eigenvalue weighted by molar-refractivity contribution is -0.126. The first-order valence-corrected chi connectivity index (χ1v) is 12.8. The second kappa shape index (κ2) is 10.7. The van der Waals surface area contributed by atoms with Gasteiger partial charge in [0.2, 0.25) is 5.91 Å². The Bertz CT molecular complexity index is 1370. The second-order valence-corrected chi connectivity index (χ2v) is 9.88. The third-order valence-electron chi connectivity index (χ3n) is 7.07. The normalized spacial score (nSPS) is 20.0. The average Bonchev–Trinajstić information content (AvgIpc) is 2.91. The predicted molar refractivity (Wildman–Crippen MR) is 139 cm³/mol. The number of fused-ring (bicyclic) bond motifs is 1. The van der Waals surface area contributed by atoms with Gasteiger partial charge in [-0.2, -0.15) is 9.97 Å². The summed E-state index contributed by atoms with van der Waals surface area (Å²) in [6.45, 7) is 5.17. The molecule has 3 aromatic rings. The summed E-state index contributed by atoms with van der Waals surface area (Å²) in [4.78, 5) is 24.5. The van der Waals surface area contributed by atoms with Gasteiger partial charge in [-0.15, -0.1) is 0 Å². The van der Waals surface area contributed by atoms with E-state index in [0.29, 0.717) is 63.1 Å². The molecule has 8 nitrogen and oxygen atoms in total. The number of phenolic OH excluding ortho intramolecular Hbond substituents is 1. The van der Waals surface area contributed by atoms with E-state index in [2.05, 4.69) is 16.5 Å². The highest BCUT2D eigenvalue weighted by molar-refractivity contribution is 6.34. The monoisotopic (exact) mass is 544 g/mol. The molecule has 2 fully saturated rings. The van der Waals surface area contributed by atoms with Crippen LogP contribution in [-0.4, -0.2) is 69.4 Å². The van der Waals surface area contributed by atoms with Crippen LogP contribution in [0.1, 0.15) is 25.7 Å². The van der Waals surface area contributed by atoms with E-state index in [9.17, 15) is 19.4 Å². The maximum atomic E-state index is 16.1. The Morgan fingerprint density at radius 2 is 1.82 bits per heavy atom. The van der Waals surface area contributed by atoms with Gasteiger partial charge in [0.15, 0.2) is 5.82 Å². The van der Waals surface area contributed by atoms with Crippen molar-refractivity contribution in [2.24, 2.45) is 0 Å². The van der Waals surface area contributed by atoms with Gasteiger partial charge in [0.25, 0.3) is 0 Å². The Morgan fingerprint density at radius 3 is 2.47 bits per heavy atom. The van der Waals surface area contributed by atoms with Crippen LogP contribution in [0.25, 0.3) is 22.0 Å². The molecule has 200 valence electrons. The first-order chi connectivity index (χ1) is 18.3. The van der Waals surface area contributed by atoms with Crippen LogP contribution in [0, 0.1) is 11.6 Å². The molecule has 1 amide bonds. The fourth-order valence-electron chi connectivity index (χ4n) is 5.02. The van der Waals surface area contributed by atoms with Crippen molar-refractivity contribution < 1.29 is 28.5 Å². The molecular weight excluding hydrogens is 518 g/mol. The van der Waals surface area contributed by atoms with E-state index in [-0.39, 0.29) is 45.8 Å². The molecule has 1 aliphatic carbocycles. The van der Waals surface area contributed by atoms with Gasteiger partial charge in [0.1, 0.15) is 29.0 Å². The third kappa shape index (κ3) is 4.98. The maximum Gasteiger partial charge on any atom is 0.319 e. The summed E-state index contributed by atoms with van der Waals surface area (Å²) < 4.78 is 36.9. The van der Waals surface area contributed by atoms with E-state index >= 15 is 4.39 Å². The summed E-state index contributed by atoms with van der Waals surface area (Å²) >= 11 is 6.48. The van der Waals surface area contributed by atoms with Crippen molar-refractivity contribution in [1.29, 1.82) is 0 Å². The summed E-state index contributed by atoms with van der Waals surface area (Å²) in [6, 6.07) is 5.07. The number of amides is 1. The first-order valence-electron chi connectivity index (χ1n) is 12.5. The minimum absolute atomic E-state index is 0.0524. The number of aromatic hydroxyl groups is 1. The van der Waals surface area contributed by atoms with Crippen LogP contribution < -0.4 is 9.64 Å². The molecule has 0 bridgehead atoms. The van der Waals surface area contributed by atoms with Crippen molar-refractivity contribution in [3.63, 3.8) is 0 Å². The zero-order valence-corrected chi connectivity index (χ0v) is 21.3. The summed E-state index contributed by atoms with van der Waals surface area (Å²) in [7, 11) is 0. The van der Waals surface area contributed by atoms with Gasteiger partial charge in [-0.3, -0.25) is 4.79 Å². The molecule has 2 aromatic carbocycles. The first kappa shape index (κ1) is 26.1. The number of hydrogen-bond donors (Lipinski definition) is 2. The van der Waals surface area contributed by atoms with Gasteiger partial charge >= 0.3 is 6.01 Å². The molecule has 2 heterocycles. The van der Waals surface area contributed by atoms with Crippen LogP contribution in [0.15, 0.2) is 36.9 Å². The zero-order valence-electron chi connectivity index (χ0n) is 20.5. The zero-order chi connectivity index (χ0) is 27.0. The molecule has 0 spiro atoms. The number of benzene rings is 2. The highest BCUT2D eigenvalue weighted by Crippen LogP contribution is 2.43. The SMILES string of the molecule is C=CC(=O)N1CCN(c2nc(OC3CCC(O)CC3)nc3c(F)c(-c4c(O)cccc4F)c(Cl)cc23)CC1. The highest BCUT2D eigenvalue weighted by Gasteiger charge is 2.29. The van der Waals surface area contributed by atoms with Gasteiger partial charge in [0.05, 0.1) is 16.7 Å². The van der Waals surface area contributed by atoms with Gasteiger partial charge in [-0.1, -0.05) is 24.2 Å². The van der Waals surface area contributed by atoms with E-state index in [1.165, 1.54) is 24.3 Å². The summed E-state index contributed by atoms with van der Waals surface area (Å²) in [5.74, 6) is -2.01. The molecule has 1 saturated heterocycles. The Balaban J connectivity index is 1.61. The van der Waals surface area contributed by atoms with E-state index in [0.717, 1.165) is 6.07 Å². The fraction of sp³-hybridized carbons (Fsp3) is 0.370. The minimum atomic E-state index is -0.916. The summed E-state index contributed by atoms with van der Waals surface area (Å²) in [5.41, 5.74) is -0.808. The Hall–Kier alpha value is -3.50. The molecule has 1 aromatic heterocycles. The minimum Gasteiger partial charge on any atom is -0.507 e. The fourth-order valence-corrected chi connectivity index (χ4v) is 5.31. The van der Waals surface area contributed by atoms with E-state index in [1.54, 1.807) is 4.90 Å². The number of hydrogen-bond acceptors (Lipinski definition) is 7. The molecule has 5 rings (SSSR count). The van der Waals surface area contributed by atoms with Crippen molar-refractivity contribution in [2.45, 2.75) is 37.9 Å². The van der Waals surface area contributed by atoms with Crippen LogP contribution in [0.4, 0.5) is 14.6 Å². The third-order valence-corrected chi connectivity index (χ3v) is 7.36. The standard InChI is InChI=1S/C27H27ClF2N4O4/c1-2-21(37)33-10-12-34(13-11-33)26-17-14-18(28)22(23-19(29)4-3-5-20(23)36)24(30)25(17)31-27(32-26)38-16-8-6-15(35)7-9-16/h2-5,14-16,35-36H,1,6-13H2. The molecule has 0 atom stereocenters. The van der Waals surface area contributed by atoms with Crippen molar-refractivity contribution in [2.75, 3.05) is 31.1 Å². The van der Waals surface area contributed by atoms with Gasteiger partial charge < -0.3 is 24.7 Å². The summed E-state index contributed by atoms with van der Waals surface area (Å²) in [5, 5.41) is 20.3. The number of nitrogens with zero attached hydrogens (tertiary/aromatic N) is 4. The average molecular weight is 545 g/mol. The predicted octanol–water partition coefficient (Wildman–Crippen LogP) is 4.45. The van der Waals surface area contributed by atoms with Crippen LogP contribution >= 0.6 is 11.6 Å². The van der Waals surface area contributed by atoms with Crippen LogP contribution in [-0.2, 0) is 4.79 Å². The largest absolute Gasteiger partial charge is 0.507 e. The van der Waals surface area contributed by atoms with Crippen molar-refractivity contribution in [3.05, 3.63) is 53.6 Å². The van der Waals surface area contributed by atoms with E-state index < -0.39 is 17.4 Å². The van der Waals surface area contributed by atoms with Crippen molar-refractivity contribution in [1.82, 2.24) is 14.9 Å². The molecule has 0 unspecified atom stereocenters. The number of ether oxygens (including phenoxy) is 1.